The van der Waals surface area contributed by atoms with Crippen LogP contribution >= 0.6 is 0 Å². The van der Waals surface area contributed by atoms with Gasteiger partial charge in [0.15, 0.2) is 0 Å². The van der Waals surface area contributed by atoms with Crippen molar-refractivity contribution in [3.05, 3.63) is 59.7 Å². The first-order chi connectivity index (χ1) is 13.5. The van der Waals surface area contributed by atoms with E-state index in [1.807, 2.05) is 55.4 Å². The van der Waals surface area contributed by atoms with Crippen LogP contribution in [0.3, 0.4) is 0 Å². The van der Waals surface area contributed by atoms with Crippen LogP contribution in [0, 0.1) is 0 Å². The van der Waals surface area contributed by atoms with Crippen molar-refractivity contribution in [1.82, 2.24) is 10.6 Å². The second kappa shape index (κ2) is 10.9. The van der Waals surface area contributed by atoms with E-state index in [1.165, 1.54) is 0 Å². The maximum absolute atomic E-state index is 12.6. The average molecular weight is 384 g/mol. The Kier molecular flexibility index (Phi) is 8.30. The number of nitrogens with one attached hydrogen (secondary N) is 3. The smallest absolute Gasteiger partial charge is 0.319 e. The quantitative estimate of drug-likeness (QED) is 0.581. The number of hydrogen-bond donors (Lipinski definition) is 3. The Balaban J connectivity index is 2.02. The summed E-state index contributed by atoms with van der Waals surface area (Å²) in [7, 11) is 5.37. The van der Waals surface area contributed by atoms with E-state index < -0.39 is 0 Å². The second-order valence-electron chi connectivity index (χ2n) is 6.52. The third kappa shape index (κ3) is 6.59. The Hall–Kier alpha value is -3.06. The largest absolute Gasteiger partial charge is 0.385 e. The molecule has 2 aromatic rings. The number of anilines is 2. The fourth-order valence-corrected chi connectivity index (χ4v) is 2.65. The lowest BCUT2D eigenvalue weighted by Crippen LogP contribution is -2.29. The fraction of sp³-hybridized carbons (Fsp3) is 0.333. The van der Waals surface area contributed by atoms with E-state index in [-0.39, 0.29) is 11.9 Å². The van der Waals surface area contributed by atoms with Gasteiger partial charge in [0.05, 0.1) is 5.56 Å². The molecule has 7 heteroatoms. The highest BCUT2D eigenvalue weighted by Crippen LogP contribution is 2.23. The van der Waals surface area contributed by atoms with Crippen LogP contribution in [0.2, 0.25) is 0 Å². The minimum Gasteiger partial charge on any atom is -0.385 e. The molecule has 0 saturated heterocycles. The zero-order valence-electron chi connectivity index (χ0n) is 16.6. The Labute approximate surface area is 166 Å². The lowest BCUT2D eigenvalue weighted by molar-refractivity contribution is 0.0949. The first-order valence-corrected chi connectivity index (χ1v) is 9.18. The number of urea groups is 1. The number of rotatable bonds is 9. The summed E-state index contributed by atoms with van der Waals surface area (Å²) in [5, 5.41) is 8.47. The molecule has 150 valence electrons. The van der Waals surface area contributed by atoms with Crippen molar-refractivity contribution in [2.75, 3.05) is 44.6 Å². The van der Waals surface area contributed by atoms with Crippen molar-refractivity contribution in [3.63, 3.8) is 0 Å². The van der Waals surface area contributed by atoms with Crippen LogP contribution in [0.25, 0.3) is 0 Å². The number of carbonyl (C=O) groups is 2. The molecule has 0 aromatic heterocycles. The van der Waals surface area contributed by atoms with Crippen molar-refractivity contribution in [2.45, 2.75) is 13.0 Å². The minimum atomic E-state index is -0.326. The second-order valence-corrected chi connectivity index (χ2v) is 6.52. The summed E-state index contributed by atoms with van der Waals surface area (Å²) < 4.78 is 5.00. The normalized spacial score (nSPS) is 10.2. The summed E-state index contributed by atoms with van der Waals surface area (Å²) in [6.07, 6.45) is 0.735. The average Bonchev–Trinajstić information content (AvgIpc) is 2.70. The van der Waals surface area contributed by atoms with E-state index >= 15 is 0 Å². The van der Waals surface area contributed by atoms with Gasteiger partial charge in [-0.3, -0.25) is 4.79 Å². The summed E-state index contributed by atoms with van der Waals surface area (Å²) in [5.41, 5.74) is 2.85. The third-order valence-electron chi connectivity index (χ3n) is 4.09. The van der Waals surface area contributed by atoms with Gasteiger partial charge >= 0.3 is 6.03 Å². The summed E-state index contributed by atoms with van der Waals surface area (Å²) in [5.74, 6) is -0.187. The SMILES string of the molecule is COCCCNC(=O)c1cc(NC(=O)NCc2ccccc2)ccc1N(C)C. The van der Waals surface area contributed by atoms with Crippen LogP contribution in [0.5, 0.6) is 0 Å². The molecule has 0 atom stereocenters. The predicted octanol–water partition coefficient (Wildman–Crippen LogP) is 2.84. The topological polar surface area (TPSA) is 82.7 Å². The monoisotopic (exact) mass is 384 g/mol. The molecule has 0 unspecified atom stereocenters. The molecule has 0 bridgehead atoms. The highest BCUT2D eigenvalue weighted by atomic mass is 16.5. The Morgan fingerprint density at radius 2 is 1.79 bits per heavy atom. The molecule has 0 heterocycles. The summed E-state index contributed by atoms with van der Waals surface area (Å²) in [4.78, 5) is 26.6. The van der Waals surface area contributed by atoms with Gasteiger partial charge in [-0.2, -0.15) is 0 Å². The van der Waals surface area contributed by atoms with Gasteiger partial charge in [0, 0.05) is 52.3 Å². The molecular formula is C21H28N4O3. The van der Waals surface area contributed by atoms with Crippen molar-refractivity contribution < 1.29 is 14.3 Å². The molecule has 28 heavy (non-hydrogen) atoms. The van der Waals surface area contributed by atoms with Gasteiger partial charge in [0.25, 0.3) is 5.91 Å². The molecule has 0 aliphatic heterocycles. The molecule has 3 N–H and O–H groups in total. The van der Waals surface area contributed by atoms with E-state index in [1.54, 1.807) is 19.2 Å². The summed E-state index contributed by atoms with van der Waals surface area (Å²) >= 11 is 0. The minimum absolute atomic E-state index is 0.187. The zero-order chi connectivity index (χ0) is 20.4. The van der Waals surface area contributed by atoms with E-state index in [4.69, 9.17) is 4.74 Å². The molecule has 0 fully saturated rings. The number of amides is 3. The van der Waals surface area contributed by atoms with Crippen molar-refractivity contribution in [1.29, 1.82) is 0 Å². The molecular weight excluding hydrogens is 356 g/mol. The van der Waals surface area contributed by atoms with E-state index in [0.29, 0.717) is 30.9 Å². The van der Waals surface area contributed by atoms with Crippen LogP contribution in [0.4, 0.5) is 16.2 Å². The molecule has 2 aromatic carbocycles. The Morgan fingerprint density at radius 1 is 1.04 bits per heavy atom. The molecule has 7 nitrogen and oxygen atoms in total. The highest BCUT2D eigenvalue weighted by molar-refractivity contribution is 6.01. The Morgan fingerprint density at radius 3 is 2.46 bits per heavy atom. The van der Waals surface area contributed by atoms with Crippen molar-refractivity contribution >= 4 is 23.3 Å². The molecule has 3 amide bonds. The molecule has 0 aliphatic carbocycles. The number of nitrogens with zero attached hydrogens (tertiary/aromatic N) is 1. The third-order valence-corrected chi connectivity index (χ3v) is 4.09. The van der Waals surface area contributed by atoms with Crippen LogP contribution < -0.4 is 20.9 Å². The molecule has 0 aliphatic rings. The van der Waals surface area contributed by atoms with Crippen LogP contribution in [-0.4, -0.2) is 46.3 Å². The molecule has 0 radical (unpaired) electrons. The molecule has 0 saturated carbocycles. The predicted molar refractivity (Wildman–Crippen MR) is 112 cm³/mol. The van der Waals surface area contributed by atoms with Gasteiger partial charge in [0.1, 0.15) is 0 Å². The molecule has 0 spiro atoms. The lowest BCUT2D eigenvalue weighted by atomic mass is 10.1. The van der Waals surface area contributed by atoms with Gasteiger partial charge in [0.2, 0.25) is 0 Å². The number of hydrogen-bond acceptors (Lipinski definition) is 4. The number of benzene rings is 2. The van der Waals surface area contributed by atoms with Gasteiger partial charge in [-0.1, -0.05) is 30.3 Å². The van der Waals surface area contributed by atoms with E-state index in [0.717, 1.165) is 17.7 Å². The molecule has 2 rings (SSSR count). The summed E-state index contributed by atoms with van der Waals surface area (Å²) in [6.45, 7) is 1.54. The van der Waals surface area contributed by atoms with Gasteiger partial charge in [-0.25, -0.2) is 4.79 Å². The van der Waals surface area contributed by atoms with Crippen LogP contribution in [0.15, 0.2) is 48.5 Å². The van der Waals surface area contributed by atoms with Crippen molar-refractivity contribution in [2.24, 2.45) is 0 Å². The van der Waals surface area contributed by atoms with Gasteiger partial charge in [-0.05, 0) is 30.2 Å². The van der Waals surface area contributed by atoms with E-state index in [9.17, 15) is 9.59 Å². The fourth-order valence-electron chi connectivity index (χ4n) is 2.65. The van der Waals surface area contributed by atoms with Gasteiger partial charge < -0.3 is 25.6 Å². The van der Waals surface area contributed by atoms with Crippen LogP contribution in [-0.2, 0) is 11.3 Å². The standard InChI is InChI=1S/C21H28N4O3/c1-25(2)19-11-10-17(14-18(19)20(26)22-12-7-13-28-3)24-21(27)23-15-16-8-5-4-6-9-16/h4-6,8-11,14H,7,12-13,15H2,1-3H3,(H,22,26)(H2,23,24,27). The summed E-state index contributed by atoms with van der Waals surface area (Å²) in [6, 6.07) is 14.6. The van der Waals surface area contributed by atoms with Crippen LogP contribution in [0.1, 0.15) is 22.3 Å². The lowest BCUT2D eigenvalue weighted by Gasteiger charge is -2.18. The maximum Gasteiger partial charge on any atom is 0.319 e. The van der Waals surface area contributed by atoms with E-state index in [2.05, 4.69) is 16.0 Å². The van der Waals surface area contributed by atoms with Gasteiger partial charge in [-0.15, -0.1) is 0 Å². The first kappa shape index (κ1) is 21.2. The maximum atomic E-state index is 12.6. The number of methoxy groups -OCH3 is 1. The Bertz CT molecular complexity index is 778. The highest BCUT2D eigenvalue weighted by Gasteiger charge is 2.14. The van der Waals surface area contributed by atoms with Crippen molar-refractivity contribution in [3.8, 4) is 0 Å². The zero-order valence-corrected chi connectivity index (χ0v) is 16.6. The number of ether oxygens (including phenoxy) is 1. The first-order valence-electron chi connectivity index (χ1n) is 9.18. The number of carbonyl (C=O) groups excluding carboxylic acids is 2.